The molecule has 0 radical (unpaired) electrons. The van der Waals surface area contributed by atoms with Crippen LogP contribution >= 0.6 is 0 Å². The van der Waals surface area contributed by atoms with E-state index in [1.165, 1.54) is 14.2 Å². The largest absolute Gasteiger partial charge is 0.467 e. The minimum Gasteiger partial charge on any atom is -0.467 e. The standard InChI is InChI=1S/C8H12O5/c1-11-7(9)5-3-4-6(13-5)8(10)12-2/h5-6H,3-4H2,1-2H3/t5-,6-/m0/s1. The van der Waals surface area contributed by atoms with Crippen molar-refractivity contribution >= 4 is 11.9 Å². The van der Waals surface area contributed by atoms with E-state index in [4.69, 9.17) is 4.74 Å². The van der Waals surface area contributed by atoms with Gasteiger partial charge in [0.05, 0.1) is 14.2 Å². The highest BCUT2D eigenvalue weighted by molar-refractivity contribution is 5.78. The lowest BCUT2D eigenvalue weighted by molar-refractivity contribution is -0.161. The second-order valence-electron chi connectivity index (χ2n) is 2.74. The molecule has 0 amide bonds. The Morgan fingerprint density at radius 3 is 1.77 bits per heavy atom. The van der Waals surface area contributed by atoms with Gasteiger partial charge in [-0.1, -0.05) is 0 Å². The number of carbonyl (C=O) groups is 2. The van der Waals surface area contributed by atoms with E-state index in [0.717, 1.165) is 0 Å². The van der Waals surface area contributed by atoms with Crippen molar-refractivity contribution in [2.24, 2.45) is 0 Å². The van der Waals surface area contributed by atoms with Gasteiger partial charge in [0.15, 0.2) is 12.2 Å². The molecule has 0 aliphatic carbocycles. The Morgan fingerprint density at radius 1 is 1.08 bits per heavy atom. The molecule has 1 aliphatic rings. The zero-order valence-electron chi connectivity index (χ0n) is 7.61. The second kappa shape index (κ2) is 4.23. The van der Waals surface area contributed by atoms with Crippen molar-refractivity contribution in [1.29, 1.82) is 0 Å². The van der Waals surface area contributed by atoms with E-state index in [9.17, 15) is 9.59 Å². The minimum absolute atomic E-state index is 0.439. The molecule has 0 aromatic heterocycles. The summed E-state index contributed by atoms with van der Waals surface area (Å²) in [6.45, 7) is 0. The Labute approximate surface area is 76.0 Å². The van der Waals surface area contributed by atoms with Crippen molar-refractivity contribution in [1.82, 2.24) is 0 Å². The maximum Gasteiger partial charge on any atom is 0.335 e. The second-order valence-corrected chi connectivity index (χ2v) is 2.74. The monoisotopic (exact) mass is 188 g/mol. The average molecular weight is 188 g/mol. The van der Waals surface area contributed by atoms with E-state index in [0.29, 0.717) is 12.8 Å². The summed E-state index contributed by atoms with van der Waals surface area (Å²) >= 11 is 0. The van der Waals surface area contributed by atoms with Crippen LogP contribution in [0, 0.1) is 0 Å². The predicted molar refractivity (Wildman–Crippen MR) is 41.9 cm³/mol. The third-order valence-electron chi connectivity index (χ3n) is 1.95. The Bertz CT molecular complexity index is 191. The van der Waals surface area contributed by atoms with Gasteiger partial charge >= 0.3 is 11.9 Å². The highest BCUT2D eigenvalue weighted by atomic mass is 16.6. The van der Waals surface area contributed by atoms with Crippen LogP contribution in [0.1, 0.15) is 12.8 Å². The Kier molecular flexibility index (Phi) is 3.25. The summed E-state index contributed by atoms with van der Waals surface area (Å²) in [7, 11) is 2.58. The van der Waals surface area contributed by atoms with Crippen LogP contribution in [0.25, 0.3) is 0 Å². The SMILES string of the molecule is COC(=O)[C@@H]1CC[C@@H](C(=O)OC)O1. The Hall–Kier alpha value is -1.10. The summed E-state index contributed by atoms with van der Waals surface area (Å²) in [6, 6.07) is 0. The third kappa shape index (κ3) is 2.18. The summed E-state index contributed by atoms with van der Waals surface area (Å²) < 4.78 is 14.1. The molecule has 0 spiro atoms. The molecule has 2 atom stereocenters. The van der Waals surface area contributed by atoms with E-state index in [1.54, 1.807) is 0 Å². The first-order valence-electron chi connectivity index (χ1n) is 4.00. The van der Waals surface area contributed by atoms with Crippen molar-refractivity contribution in [3.8, 4) is 0 Å². The first kappa shape index (κ1) is 9.98. The van der Waals surface area contributed by atoms with Gasteiger partial charge in [-0.25, -0.2) is 9.59 Å². The van der Waals surface area contributed by atoms with Crippen molar-refractivity contribution in [3.63, 3.8) is 0 Å². The smallest absolute Gasteiger partial charge is 0.335 e. The first-order valence-corrected chi connectivity index (χ1v) is 4.00. The Morgan fingerprint density at radius 2 is 1.46 bits per heavy atom. The third-order valence-corrected chi connectivity index (χ3v) is 1.95. The van der Waals surface area contributed by atoms with Crippen molar-refractivity contribution in [2.45, 2.75) is 25.0 Å². The Balaban J connectivity index is 2.44. The molecular formula is C8H12O5. The minimum atomic E-state index is -0.617. The van der Waals surface area contributed by atoms with Crippen LogP contribution in [-0.4, -0.2) is 38.4 Å². The summed E-state index contributed by atoms with van der Waals surface area (Å²) in [5.41, 5.74) is 0. The number of hydrogen-bond acceptors (Lipinski definition) is 5. The predicted octanol–water partition coefficient (Wildman–Crippen LogP) is -0.120. The molecule has 1 saturated heterocycles. The lowest BCUT2D eigenvalue weighted by Crippen LogP contribution is -2.26. The number of rotatable bonds is 2. The number of hydrogen-bond donors (Lipinski definition) is 0. The van der Waals surface area contributed by atoms with Crippen LogP contribution in [0.15, 0.2) is 0 Å². The van der Waals surface area contributed by atoms with Gasteiger partial charge in [0.1, 0.15) is 0 Å². The zero-order chi connectivity index (χ0) is 9.84. The first-order chi connectivity index (χ1) is 6.19. The molecule has 74 valence electrons. The summed E-state index contributed by atoms with van der Waals surface area (Å²) in [4.78, 5) is 21.9. The quantitative estimate of drug-likeness (QED) is 0.565. The zero-order valence-corrected chi connectivity index (χ0v) is 7.61. The highest BCUT2D eigenvalue weighted by Gasteiger charge is 2.35. The van der Waals surface area contributed by atoms with Crippen molar-refractivity contribution < 1.29 is 23.8 Å². The topological polar surface area (TPSA) is 61.8 Å². The van der Waals surface area contributed by atoms with Crippen LogP contribution in [0.4, 0.5) is 0 Å². The fourth-order valence-electron chi connectivity index (χ4n) is 1.25. The summed E-state index contributed by atoms with van der Waals surface area (Å²) in [6.07, 6.45) is -0.220. The number of methoxy groups -OCH3 is 2. The molecule has 1 fully saturated rings. The number of esters is 2. The van der Waals surface area contributed by atoms with E-state index in [-0.39, 0.29) is 0 Å². The number of ether oxygens (including phenoxy) is 3. The molecule has 0 unspecified atom stereocenters. The molecule has 0 aromatic carbocycles. The molecule has 0 saturated carbocycles. The van der Waals surface area contributed by atoms with Crippen molar-refractivity contribution in [3.05, 3.63) is 0 Å². The van der Waals surface area contributed by atoms with Gasteiger partial charge in [-0.2, -0.15) is 0 Å². The molecule has 1 rings (SSSR count). The highest BCUT2D eigenvalue weighted by Crippen LogP contribution is 2.21. The van der Waals surface area contributed by atoms with Gasteiger partial charge in [0.2, 0.25) is 0 Å². The number of carbonyl (C=O) groups excluding carboxylic acids is 2. The lowest BCUT2D eigenvalue weighted by Gasteiger charge is -2.09. The van der Waals surface area contributed by atoms with Gasteiger partial charge < -0.3 is 14.2 Å². The van der Waals surface area contributed by atoms with Gasteiger partial charge in [-0.05, 0) is 12.8 Å². The molecule has 0 N–H and O–H groups in total. The molecular weight excluding hydrogens is 176 g/mol. The fourth-order valence-corrected chi connectivity index (χ4v) is 1.25. The van der Waals surface area contributed by atoms with E-state index >= 15 is 0 Å². The maximum atomic E-state index is 11.0. The van der Waals surface area contributed by atoms with Gasteiger partial charge in [0.25, 0.3) is 0 Å². The lowest BCUT2D eigenvalue weighted by atomic mass is 10.2. The molecule has 0 bridgehead atoms. The van der Waals surface area contributed by atoms with Gasteiger partial charge in [-0.15, -0.1) is 0 Å². The fraction of sp³-hybridized carbons (Fsp3) is 0.750. The van der Waals surface area contributed by atoms with Crippen LogP contribution in [0.5, 0.6) is 0 Å². The molecule has 13 heavy (non-hydrogen) atoms. The van der Waals surface area contributed by atoms with E-state index in [2.05, 4.69) is 9.47 Å². The molecule has 0 aromatic rings. The van der Waals surface area contributed by atoms with Gasteiger partial charge in [0, 0.05) is 0 Å². The normalized spacial score (nSPS) is 26.9. The van der Waals surface area contributed by atoms with Crippen LogP contribution in [-0.2, 0) is 23.8 Å². The van der Waals surface area contributed by atoms with E-state index in [1.807, 2.05) is 0 Å². The van der Waals surface area contributed by atoms with Crippen LogP contribution < -0.4 is 0 Å². The summed E-state index contributed by atoms with van der Waals surface area (Å²) in [5, 5.41) is 0. The average Bonchev–Trinajstić information content (AvgIpc) is 2.64. The molecule has 1 heterocycles. The van der Waals surface area contributed by atoms with Crippen LogP contribution in [0.3, 0.4) is 0 Å². The summed E-state index contributed by atoms with van der Waals surface area (Å²) in [5.74, 6) is -0.877. The maximum absolute atomic E-state index is 11.0. The van der Waals surface area contributed by atoms with Gasteiger partial charge in [-0.3, -0.25) is 0 Å². The molecule has 5 heteroatoms. The van der Waals surface area contributed by atoms with Crippen molar-refractivity contribution in [2.75, 3.05) is 14.2 Å². The van der Waals surface area contributed by atoms with E-state index < -0.39 is 24.1 Å². The molecule has 5 nitrogen and oxygen atoms in total. The van der Waals surface area contributed by atoms with Crippen LogP contribution in [0.2, 0.25) is 0 Å². The molecule has 1 aliphatic heterocycles.